The van der Waals surface area contributed by atoms with Gasteiger partial charge in [-0.05, 0) is 51.4 Å². The smallest absolute Gasteiger partial charge is 0.306 e. The minimum Gasteiger partial charge on any atom is -0.462 e. The van der Waals surface area contributed by atoms with Crippen LogP contribution in [0.25, 0.3) is 0 Å². The molecule has 0 N–H and O–H groups in total. The topological polar surface area (TPSA) is 78.9 Å². The van der Waals surface area contributed by atoms with Crippen LogP contribution in [0.4, 0.5) is 0 Å². The zero-order valence-corrected chi connectivity index (χ0v) is 55.5. The lowest BCUT2D eigenvalue weighted by molar-refractivity contribution is -0.167. The van der Waals surface area contributed by atoms with E-state index in [9.17, 15) is 14.4 Å². The maximum Gasteiger partial charge on any atom is 0.306 e. The Bertz CT molecular complexity index is 1370. The molecule has 0 fully saturated rings. The van der Waals surface area contributed by atoms with E-state index in [4.69, 9.17) is 14.2 Å². The van der Waals surface area contributed by atoms with Crippen molar-refractivity contribution in [2.45, 2.75) is 419 Å². The van der Waals surface area contributed by atoms with E-state index in [1.165, 1.54) is 289 Å². The van der Waals surface area contributed by atoms with Crippen LogP contribution in [0.5, 0.6) is 0 Å². The monoisotopic (exact) mass is 1150 g/mol. The summed E-state index contributed by atoms with van der Waals surface area (Å²) in [6.45, 7) is 6.59. The number of rotatable bonds is 69. The Morgan fingerprint density at radius 1 is 0.256 bits per heavy atom. The predicted molar refractivity (Wildman–Crippen MR) is 358 cm³/mol. The Labute approximate surface area is 512 Å². The third-order valence-electron chi connectivity index (χ3n) is 16.9. The summed E-state index contributed by atoms with van der Waals surface area (Å²) in [5.41, 5.74) is 0. The Morgan fingerprint density at radius 2 is 0.476 bits per heavy atom. The molecular formula is C76H142O6. The van der Waals surface area contributed by atoms with Crippen LogP contribution < -0.4 is 0 Å². The Morgan fingerprint density at radius 3 is 0.744 bits per heavy atom. The van der Waals surface area contributed by atoms with Gasteiger partial charge < -0.3 is 14.2 Å². The SMILES string of the molecule is CC/C=C\C/C=C\C/C=C\CCCCCC(=O)OCC(COC(=O)CCCCCCCCCCCCCCCCCCCCCCCCCCCCCCCCC)OC(=O)CCCCCCCCCCCCCCCCCCCCCC. The minimum atomic E-state index is -0.782. The number of allylic oxidation sites excluding steroid dienone is 6. The van der Waals surface area contributed by atoms with Crippen LogP contribution >= 0.6 is 0 Å². The lowest BCUT2D eigenvalue weighted by atomic mass is 10.0. The number of unbranched alkanes of at least 4 members (excludes halogenated alkanes) is 52. The molecule has 1 atom stereocenters. The largest absolute Gasteiger partial charge is 0.462 e. The van der Waals surface area contributed by atoms with E-state index in [-0.39, 0.29) is 31.1 Å². The van der Waals surface area contributed by atoms with Gasteiger partial charge in [-0.2, -0.15) is 0 Å². The molecule has 0 aromatic rings. The highest BCUT2D eigenvalue weighted by Crippen LogP contribution is 2.19. The van der Waals surface area contributed by atoms with Crippen LogP contribution in [-0.2, 0) is 28.6 Å². The zero-order valence-electron chi connectivity index (χ0n) is 55.5. The van der Waals surface area contributed by atoms with Crippen molar-refractivity contribution in [2.24, 2.45) is 0 Å². The molecule has 0 aromatic heterocycles. The van der Waals surface area contributed by atoms with Crippen molar-refractivity contribution in [3.8, 4) is 0 Å². The number of carbonyl (C=O) groups excluding carboxylic acids is 3. The predicted octanol–water partition coefficient (Wildman–Crippen LogP) is 25.5. The fourth-order valence-electron chi connectivity index (χ4n) is 11.4. The lowest BCUT2D eigenvalue weighted by Crippen LogP contribution is -2.30. The highest BCUT2D eigenvalue weighted by atomic mass is 16.6. The number of carbonyl (C=O) groups is 3. The van der Waals surface area contributed by atoms with E-state index >= 15 is 0 Å². The van der Waals surface area contributed by atoms with Gasteiger partial charge in [0.1, 0.15) is 13.2 Å². The third kappa shape index (κ3) is 68.4. The molecule has 0 bridgehead atoms. The Balaban J connectivity index is 4.14. The molecule has 0 saturated heterocycles. The lowest BCUT2D eigenvalue weighted by Gasteiger charge is -2.18. The van der Waals surface area contributed by atoms with Gasteiger partial charge in [0.15, 0.2) is 6.10 Å². The minimum absolute atomic E-state index is 0.0757. The van der Waals surface area contributed by atoms with Crippen LogP contribution in [-0.4, -0.2) is 37.2 Å². The van der Waals surface area contributed by atoms with Gasteiger partial charge >= 0.3 is 17.9 Å². The van der Waals surface area contributed by atoms with Gasteiger partial charge in [0.25, 0.3) is 0 Å². The maximum atomic E-state index is 12.9. The van der Waals surface area contributed by atoms with Crippen molar-refractivity contribution in [2.75, 3.05) is 13.2 Å². The summed E-state index contributed by atoms with van der Waals surface area (Å²) < 4.78 is 17.0. The van der Waals surface area contributed by atoms with E-state index in [2.05, 4.69) is 57.2 Å². The summed E-state index contributed by atoms with van der Waals surface area (Å²) >= 11 is 0. The first kappa shape index (κ1) is 79.6. The van der Waals surface area contributed by atoms with Gasteiger partial charge in [0, 0.05) is 19.3 Å². The number of hydrogen-bond donors (Lipinski definition) is 0. The van der Waals surface area contributed by atoms with E-state index in [0.29, 0.717) is 19.3 Å². The molecular weight excluding hydrogens is 1010 g/mol. The Kier molecular flexibility index (Phi) is 69.1. The summed E-state index contributed by atoms with van der Waals surface area (Å²) in [4.78, 5) is 38.4. The van der Waals surface area contributed by atoms with E-state index < -0.39 is 6.10 Å². The third-order valence-corrected chi connectivity index (χ3v) is 16.9. The van der Waals surface area contributed by atoms with Gasteiger partial charge in [0.2, 0.25) is 0 Å². The molecule has 6 heteroatoms. The maximum absolute atomic E-state index is 12.9. The van der Waals surface area contributed by atoms with Crippen molar-refractivity contribution in [1.29, 1.82) is 0 Å². The van der Waals surface area contributed by atoms with Crippen molar-refractivity contribution in [3.05, 3.63) is 36.5 Å². The van der Waals surface area contributed by atoms with Crippen molar-refractivity contribution < 1.29 is 28.6 Å². The number of ether oxygens (including phenoxy) is 3. The molecule has 0 aliphatic heterocycles. The summed E-state index contributed by atoms with van der Waals surface area (Å²) in [6.07, 6.45) is 89.2. The van der Waals surface area contributed by atoms with Crippen molar-refractivity contribution in [1.82, 2.24) is 0 Å². The molecule has 1 unspecified atom stereocenters. The van der Waals surface area contributed by atoms with Crippen molar-refractivity contribution in [3.63, 3.8) is 0 Å². The Hall–Kier alpha value is -2.37. The molecule has 6 nitrogen and oxygen atoms in total. The highest BCUT2D eigenvalue weighted by molar-refractivity contribution is 5.71. The van der Waals surface area contributed by atoms with Crippen LogP contribution in [0.1, 0.15) is 412 Å². The molecule has 0 spiro atoms. The van der Waals surface area contributed by atoms with Gasteiger partial charge in [-0.15, -0.1) is 0 Å². The molecule has 0 radical (unpaired) electrons. The molecule has 0 saturated carbocycles. The van der Waals surface area contributed by atoms with Crippen LogP contribution in [0.2, 0.25) is 0 Å². The summed E-state index contributed by atoms with van der Waals surface area (Å²) in [7, 11) is 0. The van der Waals surface area contributed by atoms with Crippen LogP contribution in [0.15, 0.2) is 36.5 Å². The average Bonchev–Trinajstić information content (AvgIpc) is 3.47. The first-order valence-corrected chi connectivity index (χ1v) is 37.0. The molecule has 482 valence electrons. The fourth-order valence-corrected chi connectivity index (χ4v) is 11.4. The first-order valence-electron chi connectivity index (χ1n) is 37.0. The van der Waals surface area contributed by atoms with Gasteiger partial charge in [0.05, 0.1) is 0 Å². The molecule has 0 aromatic carbocycles. The normalized spacial score (nSPS) is 12.2. The second-order valence-electron chi connectivity index (χ2n) is 25.2. The molecule has 82 heavy (non-hydrogen) atoms. The second kappa shape index (κ2) is 71.1. The van der Waals surface area contributed by atoms with E-state index in [1.54, 1.807) is 0 Å². The summed E-state index contributed by atoms with van der Waals surface area (Å²) in [5, 5.41) is 0. The zero-order chi connectivity index (χ0) is 59.2. The average molecular weight is 1150 g/mol. The molecule has 0 rings (SSSR count). The van der Waals surface area contributed by atoms with Gasteiger partial charge in [-0.3, -0.25) is 14.4 Å². The van der Waals surface area contributed by atoms with Crippen LogP contribution in [0, 0.1) is 0 Å². The number of esters is 3. The van der Waals surface area contributed by atoms with E-state index in [1.807, 2.05) is 0 Å². The summed E-state index contributed by atoms with van der Waals surface area (Å²) in [5.74, 6) is -0.876. The van der Waals surface area contributed by atoms with Crippen molar-refractivity contribution >= 4 is 17.9 Å². The second-order valence-corrected chi connectivity index (χ2v) is 25.2. The molecule has 0 aliphatic carbocycles. The molecule has 0 heterocycles. The summed E-state index contributed by atoms with van der Waals surface area (Å²) in [6, 6.07) is 0. The fraction of sp³-hybridized carbons (Fsp3) is 0.882. The van der Waals surface area contributed by atoms with E-state index in [0.717, 1.165) is 83.5 Å². The first-order chi connectivity index (χ1) is 40.5. The van der Waals surface area contributed by atoms with Gasteiger partial charge in [-0.25, -0.2) is 0 Å². The molecule has 0 amide bonds. The quantitative estimate of drug-likeness (QED) is 0.0261. The highest BCUT2D eigenvalue weighted by Gasteiger charge is 2.19. The molecule has 0 aliphatic rings. The van der Waals surface area contributed by atoms with Crippen LogP contribution in [0.3, 0.4) is 0 Å². The van der Waals surface area contributed by atoms with Gasteiger partial charge in [-0.1, -0.05) is 378 Å². The standard InChI is InChI=1S/C76H142O6/c1-4-7-10-13-16-19-22-25-27-29-31-33-34-35-36-37-38-39-40-41-42-43-45-46-48-51-54-57-60-63-66-69-75(78)81-72-73(71-80-74(77)68-65-62-59-56-53-50-24-21-18-15-12-9-6-3)82-76(79)70-67-64-61-58-55-52-49-47-44-32-30-28-26-23-20-17-14-11-8-5-2/h9,12,18,21,50,53,73H,4-8,10-11,13-17,19-20,22-49,51-52,54-72H2,1-3H3/b12-9-,21-18-,53-50-. The number of hydrogen-bond acceptors (Lipinski definition) is 6.